The first-order chi connectivity index (χ1) is 20.1. The van der Waals surface area contributed by atoms with Gasteiger partial charge in [0.15, 0.2) is 0 Å². The largest absolute Gasteiger partial charge is 0.473 e. The molecule has 1 aliphatic carbocycles. The highest BCUT2D eigenvalue weighted by atomic mass is 16.5. The zero-order chi connectivity index (χ0) is 28.4. The third-order valence-corrected chi connectivity index (χ3v) is 7.48. The summed E-state index contributed by atoms with van der Waals surface area (Å²) in [5.41, 5.74) is 5.49. The number of para-hydroxylation sites is 1. The van der Waals surface area contributed by atoms with E-state index < -0.39 is 0 Å². The number of amides is 1. The fourth-order valence-corrected chi connectivity index (χ4v) is 5.25. The van der Waals surface area contributed by atoms with Crippen molar-refractivity contribution in [2.24, 2.45) is 0 Å². The molecule has 0 aliphatic heterocycles. The Kier molecular flexibility index (Phi) is 9.37. The van der Waals surface area contributed by atoms with Gasteiger partial charge in [-0.1, -0.05) is 86.0 Å². The second-order valence-electron chi connectivity index (χ2n) is 10.5. The minimum absolute atomic E-state index is 0.362. The molecule has 0 saturated heterocycles. The van der Waals surface area contributed by atoms with Gasteiger partial charge in [0, 0.05) is 26.2 Å². The number of carbonyl (C=O) groups excluding carboxylic acids is 1. The van der Waals surface area contributed by atoms with Crippen LogP contribution in [-0.2, 0) is 18.0 Å². The summed E-state index contributed by atoms with van der Waals surface area (Å²) in [6, 6.07) is 30.3. The molecule has 0 spiro atoms. The quantitative estimate of drug-likeness (QED) is 0.186. The smallest absolute Gasteiger partial charge is 0.241 e. The van der Waals surface area contributed by atoms with Crippen LogP contribution in [0.1, 0.15) is 43.2 Å². The third-order valence-electron chi connectivity index (χ3n) is 7.48. The van der Waals surface area contributed by atoms with Gasteiger partial charge in [-0.25, -0.2) is 0 Å². The van der Waals surface area contributed by atoms with E-state index in [1.807, 2.05) is 103 Å². The van der Waals surface area contributed by atoms with Crippen LogP contribution in [0.25, 0.3) is 0 Å². The predicted molar refractivity (Wildman–Crippen MR) is 165 cm³/mol. The molecule has 7 nitrogen and oxygen atoms in total. The van der Waals surface area contributed by atoms with E-state index in [2.05, 4.69) is 5.32 Å². The minimum atomic E-state index is 0.362. The zero-order valence-corrected chi connectivity index (χ0v) is 23.8. The molecule has 1 amide bonds. The van der Waals surface area contributed by atoms with Gasteiger partial charge in [-0.15, -0.1) is 0 Å². The van der Waals surface area contributed by atoms with Crippen LogP contribution >= 0.6 is 0 Å². The summed E-state index contributed by atoms with van der Waals surface area (Å²) in [5.74, 6) is 0.930. The number of hydrogen-bond donors (Lipinski definition) is 1. The van der Waals surface area contributed by atoms with Gasteiger partial charge in [-0.2, -0.15) is 4.98 Å². The molecule has 7 heteroatoms. The molecule has 5 rings (SSSR count). The average molecular weight is 551 g/mol. The van der Waals surface area contributed by atoms with Crippen LogP contribution < -0.4 is 24.6 Å². The number of benzene rings is 3. The Labute approximate surface area is 242 Å². The summed E-state index contributed by atoms with van der Waals surface area (Å²) < 4.78 is 12.3. The minimum Gasteiger partial charge on any atom is -0.473 e. The maximum absolute atomic E-state index is 12.0. The van der Waals surface area contributed by atoms with Crippen LogP contribution in [0, 0.1) is 0 Å². The molecular formula is C34H38N4O3. The fourth-order valence-electron chi connectivity index (χ4n) is 5.25. The molecule has 1 aliphatic rings. The van der Waals surface area contributed by atoms with E-state index in [-0.39, 0.29) is 0 Å². The van der Waals surface area contributed by atoms with Gasteiger partial charge in [0.25, 0.3) is 0 Å². The van der Waals surface area contributed by atoms with Crippen molar-refractivity contribution in [1.29, 1.82) is 0 Å². The molecule has 41 heavy (non-hydrogen) atoms. The van der Waals surface area contributed by atoms with E-state index in [0.717, 1.165) is 53.1 Å². The SMILES string of the molecule is CN(C=O)c1c(NC2CCCCC2)cccc1N(C)c1ccc(OCc2ccccc2)nc1OCc1ccccc1. The summed E-state index contributed by atoms with van der Waals surface area (Å²) in [7, 11) is 3.76. The molecule has 0 radical (unpaired) electrons. The van der Waals surface area contributed by atoms with Crippen molar-refractivity contribution in [3.63, 3.8) is 0 Å². The van der Waals surface area contributed by atoms with Crippen LogP contribution in [-0.4, -0.2) is 31.5 Å². The molecule has 0 bridgehead atoms. The Balaban J connectivity index is 1.47. The molecule has 1 N–H and O–H groups in total. The van der Waals surface area contributed by atoms with Crippen molar-refractivity contribution in [2.75, 3.05) is 29.2 Å². The van der Waals surface area contributed by atoms with Crippen LogP contribution in [0.3, 0.4) is 0 Å². The van der Waals surface area contributed by atoms with E-state index in [1.54, 1.807) is 11.9 Å². The Bertz CT molecular complexity index is 1410. The molecule has 1 fully saturated rings. The summed E-state index contributed by atoms with van der Waals surface area (Å²) in [4.78, 5) is 20.5. The molecule has 4 aromatic rings. The zero-order valence-electron chi connectivity index (χ0n) is 23.8. The van der Waals surface area contributed by atoms with Gasteiger partial charge in [0.1, 0.15) is 18.9 Å². The number of carbonyl (C=O) groups is 1. The van der Waals surface area contributed by atoms with E-state index in [4.69, 9.17) is 14.5 Å². The van der Waals surface area contributed by atoms with E-state index in [0.29, 0.717) is 31.0 Å². The summed E-state index contributed by atoms with van der Waals surface area (Å²) in [6.07, 6.45) is 6.85. The van der Waals surface area contributed by atoms with Gasteiger partial charge in [0.05, 0.1) is 17.1 Å². The number of hydrogen-bond acceptors (Lipinski definition) is 6. The first kappa shape index (κ1) is 28.0. The van der Waals surface area contributed by atoms with Gasteiger partial charge in [0.2, 0.25) is 18.2 Å². The topological polar surface area (TPSA) is 66.9 Å². The molecule has 212 valence electrons. The molecule has 3 aromatic carbocycles. The highest BCUT2D eigenvalue weighted by Gasteiger charge is 2.22. The number of pyridine rings is 1. The Morgan fingerprint density at radius 1 is 0.780 bits per heavy atom. The highest BCUT2D eigenvalue weighted by molar-refractivity contribution is 5.94. The molecule has 0 atom stereocenters. The van der Waals surface area contributed by atoms with Crippen molar-refractivity contribution in [3.05, 3.63) is 102 Å². The van der Waals surface area contributed by atoms with Gasteiger partial charge in [-0.3, -0.25) is 4.79 Å². The lowest BCUT2D eigenvalue weighted by atomic mass is 9.95. The standard InChI is InChI=1S/C34H38N4O3/c1-37(25-39)33-29(35-28-17-10-5-11-18-28)19-12-20-30(33)38(2)31-21-22-32(40-23-26-13-6-3-7-14-26)36-34(31)41-24-27-15-8-4-9-16-27/h3-4,6-9,12-16,19-22,25,28,35H,5,10-11,17-18,23-24H2,1-2H3. The van der Waals surface area contributed by atoms with Gasteiger partial charge >= 0.3 is 0 Å². The van der Waals surface area contributed by atoms with Crippen molar-refractivity contribution in [3.8, 4) is 11.8 Å². The number of ether oxygens (including phenoxy) is 2. The normalized spacial score (nSPS) is 13.3. The lowest BCUT2D eigenvalue weighted by Gasteiger charge is -2.31. The predicted octanol–water partition coefficient (Wildman–Crippen LogP) is 7.34. The summed E-state index contributed by atoms with van der Waals surface area (Å²) in [6.45, 7) is 0.769. The number of aromatic nitrogens is 1. The van der Waals surface area contributed by atoms with Crippen LogP contribution in [0.15, 0.2) is 91.0 Å². The number of rotatable bonds is 12. The monoisotopic (exact) mass is 550 g/mol. The van der Waals surface area contributed by atoms with Crippen LogP contribution in [0.4, 0.5) is 22.7 Å². The van der Waals surface area contributed by atoms with Crippen molar-refractivity contribution in [2.45, 2.75) is 51.4 Å². The first-order valence-corrected chi connectivity index (χ1v) is 14.3. The van der Waals surface area contributed by atoms with Crippen molar-refractivity contribution in [1.82, 2.24) is 4.98 Å². The Morgan fingerprint density at radius 2 is 1.44 bits per heavy atom. The van der Waals surface area contributed by atoms with Gasteiger partial charge in [-0.05, 0) is 42.2 Å². The molecule has 1 saturated carbocycles. The number of nitrogens with one attached hydrogen (secondary N) is 1. The maximum atomic E-state index is 12.0. The van der Waals surface area contributed by atoms with Crippen molar-refractivity contribution >= 4 is 29.2 Å². The lowest BCUT2D eigenvalue weighted by molar-refractivity contribution is -0.107. The van der Waals surface area contributed by atoms with E-state index in [9.17, 15) is 4.79 Å². The first-order valence-electron chi connectivity index (χ1n) is 14.3. The molecule has 1 aromatic heterocycles. The van der Waals surface area contributed by atoms with Crippen LogP contribution in [0.5, 0.6) is 11.8 Å². The Hall–Kier alpha value is -4.52. The number of anilines is 4. The summed E-state index contributed by atoms with van der Waals surface area (Å²) >= 11 is 0. The molecule has 0 unspecified atom stereocenters. The maximum Gasteiger partial charge on any atom is 0.241 e. The number of nitrogens with zero attached hydrogens (tertiary/aromatic N) is 3. The average Bonchev–Trinajstić information content (AvgIpc) is 3.03. The molecule has 1 heterocycles. The van der Waals surface area contributed by atoms with Crippen molar-refractivity contribution < 1.29 is 14.3 Å². The van der Waals surface area contributed by atoms with Gasteiger partial charge < -0.3 is 24.6 Å². The fraction of sp³-hybridized carbons (Fsp3) is 0.294. The molecular weight excluding hydrogens is 512 g/mol. The van der Waals surface area contributed by atoms with Crippen LogP contribution in [0.2, 0.25) is 0 Å². The lowest BCUT2D eigenvalue weighted by Crippen LogP contribution is -2.26. The third kappa shape index (κ3) is 7.17. The second kappa shape index (κ2) is 13.7. The van der Waals surface area contributed by atoms with E-state index in [1.165, 1.54) is 19.3 Å². The summed E-state index contributed by atoms with van der Waals surface area (Å²) in [5, 5.41) is 3.72. The highest BCUT2D eigenvalue weighted by Crippen LogP contribution is 2.42. The second-order valence-corrected chi connectivity index (χ2v) is 10.5. The van der Waals surface area contributed by atoms with E-state index >= 15 is 0 Å². The Morgan fingerprint density at radius 3 is 2.10 bits per heavy atom.